The lowest BCUT2D eigenvalue weighted by Crippen LogP contribution is -2.51. The molecule has 0 aliphatic carbocycles. The average Bonchev–Trinajstić information content (AvgIpc) is 2.55. The number of carbonyl (C=O) groups is 1. The van der Waals surface area contributed by atoms with Crippen molar-refractivity contribution < 1.29 is 22.7 Å². The van der Waals surface area contributed by atoms with E-state index in [9.17, 15) is 18.0 Å². The van der Waals surface area contributed by atoms with Gasteiger partial charge in [-0.05, 0) is 43.9 Å². The summed E-state index contributed by atoms with van der Waals surface area (Å²) in [6.45, 7) is 3.12. The zero-order valence-corrected chi connectivity index (χ0v) is 14.9. The number of halogens is 4. The second-order valence-electron chi connectivity index (χ2n) is 6.37. The van der Waals surface area contributed by atoms with Crippen molar-refractivity contribution >= 4 is 18.3 Å². The second-order valence-corrected chi connectivity index (χ2v) is 6.37. The average molecular weight is 381 g/mol. The number of alkyl halides is 3. The van der Waals surface area contributed by atoms with Crippen LogP contribution in [0.4, 0.5) is 13.2 Å². The number of amides is 1. The summed E-state index contributed by atoms with van der Waals surface area (Å²) in [7, 11) is 0. The minimum atomic E-state index is -4.34. The van der Waals surface area contributed by atoms with Crippen molar-refractivity contribution in [3.63, 3.8) is 0 Å². The van der Waals surface area contributed by atoms with Gasteiger partial charge in [-0.1, -0.05) is 12.1 Å². The summed E-state index contributed by atoms with van der Waals surface area (Å²) in [6.07, 6.45) is -2.71. The fourth-order valence-corrected chi connectivity index (χ4v) is 2.90. The number of ether oxygens (including phenoxy) is 1. The second kappa shape index (κ2) is 8.87. The van der Waals surface area contributed by atoms with E-state index >= 15 is 0 Å². The Morgan fingerprint density at radius 1 is 1.28 bits per heavy atom. The summed E-state index contributed by atoms with van der Waals surface area (Å²) in [5.41, 5.74) is 5.26. The van der Waals surface area contributed by atoms with Crippen LogP contribution in [0.1, 0.15) is 30.9 Å². The molecule has 0 bridgehead atoms. The zero-order valence-electron chi connectivity index (χ0n) is 14.1. The van der Waals surface area contributed by atoms with Crippen molar-refractivity contribution in [2.24, 2.45) is 11.1 Å². The number of nitrogens with one attached hydrogen (secondary N) is 1. The van der Waals surface area contributed by atoms with Crippen LogP contribution in [0.5, 0.6) is 0 Å². The van der Waals surface area contributed by atoms with Gasteiger partial charge < -0.3 is 15.8 Å². The predicted octanol–water partition coefficient (Wildman–Crippen LogP) is 2.93. The van der Waals surface area contributed by atoms with E-state index in [1.807, 2.05) is 6.92 Å². The quantitative estimate of drug-likeness (QED) is 0.825. The van der Waals surface area contributed by atoms with Crippen molar-refractivity contribution in [3.05, 3.63) is 35.4 Å². The maximum Gasteiger partial charge on any atom is 0.416 e. The number of benzene rings is 1. The van der Waals surface area contributed by atoms with Gasteiger partial charge in [-0.25, -0.2) is 0 Å². The molecular weight excluding hydrogens is 357 g/mol. The summed E-state index contributed by atoms with van der Waals surface area (Å²) in [4.78, 5) is 12.5. The van der Waals surface area contributed by atoms with Crippen molar-refractivity contribution in [1.29, 1.82) is 0 Å². The maximum atomic E-state index is 12.6. The molecule has 1 aliphatic heterocycles. The molecule has 1 unspecified atom stereocenters. The molecule has 8 heteroatoms. The zero-order chi connectivity index (χ0) is 17.8. The molecule has 1 aromatic rings. The SMILES string of the molecule is CC(Cc1ccc(C(F)(F)F)cc1)NC(=O)C1(CN)CCOCC1.Cl. The largest absolute Gasteiger partial charge is 0.416 e. The molecule has 0 aromatic heterocycles. The highest BCUT2D eigenvalue weighted by Gasteiger charge is 2.39. The lowest BCUT2D eigenvalue weighted by molar-refractivity contribution is -0.137. The predicted molar refractivity (Wildman–Crippen MR) is 91.5 cm³/mol. The van der Waals surface area contributed by atoms with Crippen LogP contribution in [0.3, 0.4) is 0 Å². The Morgan fingerprint density at radius 2 is 1.84 bits per heavy atom. The molecule has 0 saturated carbocycles. The van der Waals surface area contributed by atoms with Gasteiger partial charge in [-0.2, -0.15) is 13.2 Å². The van der Waals surface area contributed by atoms with Gasteiger partial charge in [0, 0.05) is 25.8 Å². The molecule has 142 valence electrons. The third-order valence-corrected chi connectivity index (χ3v) is 4.52. The van der Waals surface area contributed by atoms with Crippen LogP contribution in [0.15, 0.2) is 24.3 Å². The molecule has 1 atom stereocenters. The van der Waals surface area contributed by atoms with Crippen molar-refractivity contribution in [2.45, 2.75) is 38.4 Å². The standard InChI is InChI=1S/C17H23F3N2O2.ClH/c1-12(10-13-2-4-14(5-3-13)17(18,19)20)22-15(23)16(11-21)6-8-24-9-7-16;/h2-5,12H,6-11,21H2,1H3,(H,22,23);1H. The van der Waals surface area contributed by atoms with Gasteiger partial charge >= 0.3 is 6.18 Å². The minimum absolute atomic E-state index is 0. The Labute approximate surface area is 151 Å². The van der Waals surface area contributed by atoms with Crippen LogP contribution in [-0.4, -0.2) is 31.7 Å². The fourth-order valence-electron chi connectivity index (χ4n) is 2.90. The van der Waals surface area contributed by atoms with Crippen LogP contribution in [0.25, 0.3) is 0 Å². The summed E-state index contributed by atoms with van der Waals surface area (Å²) < 4.78 is 43.0. The molecule has 1 amide bonds. The summed E-state index contributed by atoms with van der Waals surface area (Å²) in [5.74, 6) is -0.104. The highest BCUT2D eigenvalue weighted by atomic mass is 35.5. The molecule has 1 heterocycles. The highest BCUT2D eigenvalue weighted by Crippen LogP contribution is 2.30. The molecule has 1 saturated heterocycles. The Balaban J connectivity index is 0.00000312. The Hall–Kier alpha value is -1.31. The first-order valence-electron chi connectivity index (χ1n) is 8.02. The van der Waals surface area contributed by atoms with Crippen LogP contribution in [0, 0.1) is 5.41 Å². The fraction of sp³-hybridized carbons (Fsp3) is 0.588. The maximum absolute atomic E-state index is 12.6. The topological polar surface area (TPSA) is 64.4 Å². The molecule has 0 radical (unpaired) electrons. The number of rotatable bonds is 5. The van der Waals surface area contributed by atoms with Gasteiger partial charge in [0.25, 0.3) is 0 Å². The molecule has 0 spiro atoms. The third kappa shape index (κ3) is 5.59. The minimum Gasteiger partial charge on any atom is -0.381 e. The number of nitrogens with two attached hydrogens (primary N) is 1. The summed E-state index contributed by atoms with van der Waals surface area (Å²) >= 11 is 0. The smallest absolute Gasteiger partial charge is 0.381 e. The summed E-state index contributed by atoms with van der Waals surface area (Å²) in [5, 5.41) is 2.94. The van der Waals surface area contributed by atoms with Crippen molar-refractivity contribution in [1.82, 2.24) is 5.32 Å². The monoisotopic (exact) mass is 380 g/mol. The van der Waals surface area contributed by atoms with Gasteiger partial charge in [0.1, 0.15) is 0 Å². The van der Waals surface area contributed by atoms with E-state index in [2.05, 4.69) is 5.32 Å². The molecule has 25 heavy (non-hydrogen) atoms. The van der Waals surface area contributed by atoms with Crippen molar-refractivity contribution in [2.75, 3.05) is 19.8 Å². The Bertz CT molecular complexity index is 558. The first-order valence-corrected chi connectivity index (χ1v) is 8.02. The Kier molecular flexibility index (Phi) is 7.71. The van der Waals surface area contributed by atoms with E-state index in [4.69, 9.17) is 10.5 Å². The molecule has 4 nitrogen and oxygen atoms in total. The highest BCUT2D eigenvalue weighted by molar-refractivity contribution is 5.85. The first kappa shape index (κ1) is 21.7. The lowest BCUT2D eigenvalue weighted by atomic mass is 9.79. The lowest BCUT2D eigenvalue weighted by Gasteiger charge is -2.35. The van der Waals surface area contributed by atoms with Gasteiger partial charge in [0.15, 0.2) is 0 Å². The molecule has 2 rings (SSSR count). The van der Waals surface area contributed by atoms with Gasteiger partial charge in [0.05, 0.1) is 11.0 Å². The van der Waals surface area contributed by atoms with Crippen LogP contribution >= 0.6 is 12.4 Å². The number of hydrogen-bond acceptors (Lipinski definition) is 3. The first-order chi connectivity index (χ1) is 11.3. The van der Waals surface area contributed by atoms with Gasteiger partial charge in [-0.15, -0.1) is 12.4 Å². The molecule has 1 aliphatic rings. The summed E-state index contributed by atoms with van der Waals surface area (Å²) in [6, 6.07) is 4.81. The molecular formula is C17H24ClF3N2O2. The van der Waals surface area contributed by atoms with Gasteiger partial charge in [-0.3, -0.25) is 4.79 Å². The van der Waals surface area contributed by atoms with E-state index in [1.165, 1.54) is 12.1 Å². The van der Waals surface area contributed by atoms with E-state index in [1.54, 1.807) is 0 Å². The van der Waals surface area contributed by atoms with E-state index in [0.29, 0.717) is 32.5 Å². The third-order valence-electron chi connectivity index (χ3n) is 4.52. The van der Waals surface area contributed by atoms with E-state index in [-0.39, 0.29) is 30.9 Å². The van der Waals surface area contributed by atoms with E-state index < -0.39 is 17.2 Å². The Morgan fingerprint density at radius 3 is 2.32 bits per heavy atom. The molecule has 1 fully saturated rings. The number of hydrogen-bond donors (Lipinski definition) is 2. The van der Waals surface area contributed by atoms with E-state index in [0.717, 1.165) is 17.7 Å². The molecule has 1 aromatic carbocycles. The normalized spacial score (nSPS) is 18.1. The van der Waals surface area contributed by atoms with Crippen molar-refractivity contribution in [3.8, 4) is 0 Å². The molecule has 3 N–H and O–H groups in total. The van der Waals surface area contributed by atoms with Crippen LogP contribution in [0.2, 0.25) is 0 Å². The van der Waals surface area contributed by atoms with Gasteiger partial charge in [0.2, 0.25) is 5.91 Å². The van der Waals surface area contributed by atoms with Crippen LogP contribution in [-0.2, 0) is 22.1 Å². The van der Waals surface area contributed by atoms with Crippen LogP contribution < -0.4 is 11.1 Å². The number of carbonyl (C=O) groups excluding carboxylic acids is 1.